The predicted octanol–water partition coefficient (Wildman–Crippen LogP) is 6.59. The minimum Gasteiger partial charge on any atom is -0.491 e. The summed E-state index contributed by atoms with van der Waals surface area (Å²) < 4.78 is 16.5. The van der Waals surface area contributed by atoms with Crippen LogP contribution in [0.3, 0.4) is 0 Å². The van der Waals surface area contributed by atoms with Crippen LogP contribution in [-0.2, 0) is 20.8 Å². The largest absolute Gasteiger partial charge is 0.491 e. The molecule has 2 heterocycles. The maximum Gasteiger partial charge on any atom is 0.333 e. The van der Waals surface area contributed by atoms with Crippen LogP contribution in [0.5, 0.6) is 5.75 Å². The lowest BCUT2D eigenvalue weighted by Crippen LogP contribution is -2.24. The lowest BCUT2D eigenvalue weighted by Gasteiger charge is -2.25. The minimum atomic E-state index is -0.275. The highest BCUT2D eigenvalue weighted by atomic mass is 32.1. The molecule has 1 aliphatic heterocycles. The van der Waals surface area contributed by atoms with Crippen molar-refractivity contribution < 1.29 is 19.0 Å². The summed E-state index contributed by atoms with van der Waals surface area (Å²) in [6.45, 7) is 9.67. The fraction of sp³-hybridized carbons (Fsp3) is 0.400. The maximum atomic E-state index is 12.5. The van der Waals surface area contributed by atoms with Crippen molar-refractivity contribution in [3.8, 4) is 16.9 Å². The number of aromatic nitrogens is 1. The number of carbonyl (C=O) groups is 1. The molecule has 1 aliphatic rings. The van der Waals surface area contributed by atoms with Gasteiger partial charge in [-0.05, 0) is 73.7 Å². The molecule has 0 saturated heterocycles. The minimum absolute atomic E-state index is 0.275. The molecule has 0 N–H and O–H groups in total. The van der Waals surface area contributed by atoms with Gasteiger partial charge in [0, 0.05) is 29.3 Å². The van der Waals surface area contributed by atoms with Gasteiger partial charge in [-0.25, -0.2) is 9.78 Å². The van der Waals surface area contributed by atoms with E-state index in [1.165, 1.54) is 12.0 Å². The molecule has 0 aliphatic carbocycles. The average molecular weight is 521 g/mol. The van der Waals surface area contributed by atoms with Gasteiger partial charge in [0.15, 0.2) is 0 Å². The lowest BCUT2D eigenvalue weighted by atomic mass is 10.00. The zero-order valence-corrected chi connectivity index (χ0v) is 23.0. The molecular formula is C30H36N2O4S. The molecule has 4 rings (SSSR count). The zero-order chi connectivity index (χ0) is 26.2. The summed E-state index contributed by atoms with van der Waals surface area (Å²) >= 11 is 1.73. The van der Waals surface area contributed by atoms with Crippen LogP contribution in [0.15, 0.2) is 48.0 Å². The van der Waals surface area contributed by atoms with Crippen molar-refractivity contribution >= 4 is 29.1 Å². The number of ether oxygens (including phenoxy) is 3. The van der Waals surface area contributed by atoms with E-state index in [4.69, 9.17) is 14.2 Å². The average Bonchev–Trinajstić information content (AvgIpc) is 3.12. The molecule has 0 amide bonds. The van der Waals surface area contributed by atoms with E-state index in [2.05, 4.69) is 54.1 Å². The van der Waals surface area contributed by atoms with Crippen LogP contribution >= 0.6 is 11.3 Å². The van der Waals surface area contributed by atoms with E-state index in [9.17, 15) is 4.79 Å². The van der Waals surface area contributed by atoms with Crippen LogP contribution in [0, 0.1) is 13.8 Å². The molecule has 196 valence electrons. The molecule has 7 heteroatoms. The first kappa shape index (κ1) is 26.9. The first-order valence-corrected chi connectivity index (χ1v) is 13.7. The topological polar surface area (TPSA) is 60.9 Å². The van der Waals surface area contributed by atoms with Crippen LogP contribution in [0.2, 0.25) is 0 Å². The van der Waals surface area contributed by atoms with Crippen LogP contribution in [-0.4, -0.2) is 44.4 Å². The number of methoxy groups -OCH3 is 1. The van der Waals surface area contributed by atoms with E-state index >= 15 is 0 Å². The smallest absolute Gasteiger partial charge is 0.333 e. The third-order valence-electron chi connectivity index (χ3n) is 6.46. The van der Waals surface area contributed by atoms with Gasteiger partial charge in [-0.1, -0.05) is 31.5 Å². The van der Waals surface area contributed by atoms with Crippen molar-refractivity contribution in [1.82, 2.24) is 4.98 Å². The van der Waals surface area contributed by atoms with E-state index in [0.29, 0.717) is 25.2 Å². The molecule has 0 bridgehead atoms. The summed E-state index contributed by atoms with van der Waals surface area (Å²) in [6.07, 6.45) is 4.82. The SMILES string of the molecule is CCCCOCCOc1ccc(-c2ccc3c(c2)C=C(C(=O)OC)CCN3Cc2sc(C)nc2C)cc1. The van der Waals surface area contributed by atoms with E-state index in [1.54, 1.807) is 11.3 Å². The third kappa shape index (κ3) is 6.99. The van der Waals surface area contributed by atoms with Crippen molar-refractivity contribution in [1.29, 1.82) is 0 Å². The fourth-order valence-corrected chi connectivity index (χ4v) is 5.39. The summed E-state index contributed by atoms with van der Waals surface area (Å²) in [5.41, 5.74) is 6.05. The first-order valence-electron chi connectivity index (χ1n) is 12.9. The third-order valence-corrected chi connectivity index (χ3v) is 7.51. The Morgan fingerprint density at radius 1 is 1.05 bits per heavy atom. The van der Waals surface area contributed by atoms with Crippen molar-refractivity contribution in [3.05, 3.63) is 69.2 Å². The Morgan fingerprint density at radius 3 is 2.54 bits per heavy atom. The number of anilines is 1. The highest BCUT2D eigenvalue weighted by Gasteiger charge is 2.22. The molecule has 0 unspecified atom stereocenters. The summed E-state index contributed by atoms with van der Waals surface area (Å²) in [5, 5.41) is 1.07. The second-order valence-electron chi connectivity index (χ2n) is 9.19. The molecule has 0 radical (unpaired) electrons. The predicted molar refractivity (Wildman–Crippen MR) is 150 cm³/mol. The quantitative estimate of drug-likeness (QED) is 0.210. The van der Waals surface area contributed by atoms with Crippen molar-refractivity contribution in [3.63, 3.8) is 0 Å². The van der Waals surface area contributed by atoms with Gasteiger partial charge in [-0.3, -0.25) is 0 Å². The number of fused-ring (bicyclic) bond motifs is 1. The molecule has 3 aromatic rings. The first-order chi connectivity index (χ1) is 18.0. The number of esters is 1. The second kappa shape index (κ2) is 12.9. The van der Waals surface area contributed by atoms with Crippen LogP contribution in [0.25, 0.3) is 17.2 Å². The van der Waals surface area contributed by atoms with Gasteiger partial charge in [0.1, 0.15) is 12.4 Å². The van der Waals surface area contributed by atoms with Crippen molar-refractivity contribution in [2.75, 3.05) is 38.4 Å². The number of aryl methyl sites for hydroxylation is 2. The molecule has 1 aromatic heterocycles. The highest BCUT2D eigenvalue weighted by Crippen LogP contribution is 2.35. The fourth-order valence-electron chi connectivity index (χ4n) is 4.43. The number of unbranched alkanes of at least 4 members (excludes halogenated alkanes) is 1. The van der Waals surface area contributed by atoms with Crippen molar-refractivity contribution in [2.45, 2.75) is 46.6 Å². The number of nitrogens with zero attached hydrogens (tertiary/aromatic N) is 2. The van der Waals surface area contributed by atoms with Gasteiger partial charge in [0.25, 0.3) is 0 Å². The van der Waals surface area contributed by atoms with Gasteiger partial charge in [0.05, 0.1) is 31.0 Å². The summed E-state index contributed by atoms with van der Waals surface area (Å²) in [7, 11) is 1.44. The Labute approximate surface area is 223 Å². The van der Waals surface area contributed by atoms with E-state index in [-0.39, 0.29) is 5.97 Å². The summed E-state index contributed by atoms with van der Waals surface area (Å²) in [6, 6.07) is 14.6. The number of rotatable bonds is 11. The Balaban J connectivity index is 1.54. The molecule has 0 saturated carbocycles. The molecule has 37 heavy (non-hydrogen) atoms. The molecule has 0 fully saturated rings. The van der Waals surface area contributed by atoms with Crippen LogP contribution in [0.4, 0.5) is 5.69 Å². The number of benzene rings is 2. The Morgan fingerprint density at radius 2 is 1.84 bits per heavy atom. The van der Waals surface area contributed by atoms with Gasteiger partial charge in [-0.15, -0.1) is 11.3 Å². The highest BCUT2D eigenvalue weighted by molar-refractivity contribution is 7.11. The van der Waals surface area contributed by atoms with Crippen LogP contribution in [0.1, 0.15) is 47.3 Å². The molecule has 6 nitrogen and oxygen atoms in total. The van der Waals surface area contributed by atoms with Gasteiger partial charge < -0.3 is 19.1 Å². The Bertz CT molecular complexity index is 1230. The van der Waals surface area contributed by atoms with Crippen molar-refractivity contribution in [2.24, 2.45) is 0 Å². The number of thiazole rings is 1. The lowest BCUT2D eigenvalue weighted by molar-refractivity contribution is -0.136. The Kier molecular flexibility index (Phi) is 9.36. The maximum absolute atomic E-state index is 12.5. The number of carbonyl (C=O) groups excluding carboxylic acids is 1. The van der Waals surface area contributed by atoms with E-state index < -0.39 is 0 Å². The van der Waals surface area contributed by atoms with Crippen LogP contribution < -0.4 is 9.64 Å². The number of hydrogen-bond acceptors (Lipinski definition) is 7. The second-order valence-corrected chi connectivity index (χ2v) is 10.5. The van der Waals surface area contributed by atoms with Gasteiger partial charge in [0.2, 0.25) is 0 Å². The molecule has 2 aromatic carbocycles. The monoisotopic (exact) mass is 520 g/mol. The molecular weight excluding hydrogens is 484 g/mol. The standard InChI is InChI=1S/C30H36N2O4S/c1-5-6-15-35-16-17-36-27-10-7-23(8-11-27)24-9-12-28-26(18-24)19-25(30(33)34-4)13-14-32(28)20-29-21(2)31-22(3)37-29/h7-12,18-19H,5-6,13-17,20H2,1-4H3. The van der Waals surface area contributed by atoms with E-state index in [0.717, 1.165) is 71.4 Å². The summed E-state index contributed by atoms with van der Waals surface area (Å²) in [4.78, 5) is 20.6. The van der Waals surface area contributed by atoms with Gasteiger partial charge >= 0.3 is 5.97 Å². The summed E-state index contributed by atoms with van der Waals surface area (Å²) in [5.74, 6) is 0.551. The van der Waals surface area contributed by atoms with E-state index in [1.807, 2.05) is 25.1 Å². The van der Waals surface area contributed by atoms with Gasteiger partial charge in [-0.2, -0.15) is 0 Å². The molecule has 0 spiro atoms. The Hall–Kier alpha value is -3.16. The number of hydrogen-bond donors (Lipinski definition) is 0. The normalized spacial score (nSPS) is 13.1. The zero-order valence-electron chi connectivity index (χ0n) is 22.2. The molecule has 0 atom stereocenters.